The van der Waals surface area contributed by atoms with Gasteiger partial charge in [0, 0.05) is 62.1 Å². The molecule has 0 saturated heterocycles. The van der Waals surface area contributed by atoms with Crippen LogP contribution >= 0.6 is 12.4 Å². The first-order chi connectivity index (χ1) is 29.4. The van der Waals surface area contributed by atoms with Gasteiger partial charge in [0.1, 0.15) is 17.5 Å². The van der Waals surface area contributed by atoms with Crippen LogP contribution < -0.4 is 33.4 Å². The van der Waals surface area contributed by atoms with Gasteiger partial charge in [0.2, 0.25) is 0 Å². The van der Waals surface area contributed by atoms with Crippen molar-refractivity contribution in [1.29, 1.82) is 15.8 Å². The Bertz CT molecular complexity index is 2510. The van der Waals surface area contributed by atoms with Crippen LogP contribution in [0.4, 0.5) is 23.1 Å². The molecule has 0 aliphatic heterocycles. The van der Waals surface area contributed by atoms with Gasteiger partial charge in [0.05, 0.1) is 52.0 Å². The number of hydrazine groups is 1. The summed E-state index contributed by atoms with van der Waals surface area (Å²) in [6.07, 6.45) is 11.1. The number of nitrogen functional groups attached to an aromatic ring is 2. The summed E-state index contributed by atoms with van der Waals surface area (Å²) >= 11 is 0. The monoisotopic (exact) mass is 833 g/mol. The van der Waals surface area contributed by atoms with Gasteiger partial charge in [-0.15, -0.1) is 12.4 Å². The SMILES string of the molecule is Cl.N#Cc1ccc(-n2ccc(N)n2)cc1.N#Cc1ccc(-n2ccc(NCC3CC3)n2)cc1.N#Cc1ccc(NN)cc1.NCc1ccc(-n2ccc(NCC3CC3)n2)cc1. The summed E-state index contributed by atoms with van der Waals surface area (Å²) in [5.41, 5.74) is 20.3. The summed E-state index contributed by atoms with van der Waals surface area (Å²) in [7, 11) is 0. The van der Waals surface area contributed by atoms with Crippen LogP contribution in [0.1, 0.15) is 47.9 Å². The Morgan fingerprint density at radius 1 is 0.541 bits per heavy atom. The van der Waals surface area contributed by atoms with Crippen molar-refractivity contribution < 1.29 is 0 Å². The number of hydrogen-bond donors (Lipinski definition) is 6. The largest absolute Gasteiger partial charge is 0.382 e. The Morgan fingerprint density at radius 3 is 1.26 bits per heavy atom. The summed E-state index contributed by atoms with van der Waals surface area (Å²) in [5, 5.41) is 45.5. The fraction of sp³-hybridized carbons (Fsp3) is 0.200. The zero-order valence-electron chi connectivity index (χ0n) is 33.5. The van der Waals surface area contributed by atoms with Gasteiger partial charge in [-0.3, -0.25) is 5.84 Å². The molecule has 2 aliphatic rings. The molecule has 16 heteroatoms. The van der Waals surface area contributed by atoms with E-state index in [0.717, 1.165) is 64.9 Å². The average Bonchev–Trinajstić information content (AvgIpc) is 4.17. The van der Waals surface area contributed by atoms with Crippen molar-refractivity contribution in [2.75, 3.05) is 34.9 Å². The van der Waals surface area contributed by atoms with E-state index in [1.807, 2.05) is 88.5 Å². The van der Waals surface area contributed by atoms with E-state index in [0.29, 0.717) is 29.1 Å². The lowest BCUT2D eigenvalue weighted by molar-refractivity contribution is 0.850. The van der Waals surface area contributed by atoms with Crippen molar-refractivity contribution in [3.63, 3.8) is 0 Å². The Morgan fingerprint density at radius 2 is 0.918 bits per heavy atom. The van der Waals surface area contributed by atoms with Gasteiger partial charge < -0.3 is 27.5 Å². The van der Waals surface area contributed by atoms with Crippen molar-refractivity contribution in [3.8, 4) is 35.3 Å². The molecular formula is C45H48ClN15. The van der Waals surface area contributed by atoms with Crippen LogP contribution in [0.5, 0.6) is 0 Å². The highest BCUT2D eigenvalue weighted by atomic mass is 35.5. The normalized spacial score (nSPS) is 12.1. The second kappa shape index (κ2) is 22.5. The molecule has 7 aromatic rings. The molecule has 9 rings (SSSR count). The van der Waals surface area contributed by atoms with Crippen LogP contribution in [-0.2, 0) is 6.54 Å². The molecule has 0 unspecified atom stereocenters. The molecule has 0 atom stereocenters. The second-order valence-corrected chi connectivity index (χ2v) is 14.1. The van der Waals surface area contributed by atoms with Gasteiger partial charge in [0.15, 0.2) is 0 Å². The van der Waals surface area contributed by atoms with Crippen LogP contribution in [0.2, 0.25) is 0 Å². The second-order valence-electron chi connectivity index (χ2n) is 14.1. The quantitative estimate of drug-likeness (QED) is 0.0556. The molecule has 61 heavy (non-hydrogen) atoms. The molecule has 2 saturated carbocycles. The van der Waals surface area contributed by atoms with E-state index >= 15 is 0 Å². The van der Waals surface area contributed by atoms with Gasteiger partial charge in [-0.25, -0.2) is 14.0 Å². The van der Waals surface area contributed by atoms with Crippen LogP contribution in [0, 0.1) is 45.8 Å². The number of anilines is 4. The maximum atomic E-state index is 8.75. The first-order valence-corrected chi connectivity index (χ1v) is 19.5. The number of aromatic nitrogens is 6. The number of nitrogens with one attached hydrogen (secondary N) is 3. The molecule has 0 amide bonds. The number of nitrogens with zero attached hydrogens (tertiary/aromatic N) is 9. The smallest absolute Gasteiger partial charge is 0.148 e. The maximum Gasteiger partial charge on any atom is 0.148 e. The number of hydrogen-bond acceptors (Lipinski definition) is 12. The molecule has 15 nitrogen and oxygen atoms in total. The first kappa shape index (κ1) is 44.5. The molecule has 0 spiro atoms. The van der Waals surface area contributed by atoms with E-state index in [4.69, 9.17) is 33.1 Å². The van der Waals surface area contributed by atoms with E-state index in [9.17, 15) is 0 Å². The minimum absolute atomic E-state index is 0. The standard InChI is InChI=1S/C14H18N4.C14H14N4.C10H8N4.C7H7N3.ClH/c2*15-9-11-3-5-13(6-4-11)18-8-7-14(17-18)16-10-12-1-2-12;11-7-8-1-3-9(4-2-8)14-6-5-10(12)13-14;8-5-6-1-3-7(10-9)4-2-6;/h3-8,12H,1-2,9-10,15H2,(H,16,17);3-8,12H,1-2,10H2,(H,16,17);1-6H,(H2,12,13);1-4,10H,9H2;1H. The van der Waals surface area contributed by atoms with Crippen molar-refractivity contribution in [1.82, 2.24) is 29.3 Å². The minimum atomic E-state index is 0. The van der Waals surface area contributed by atoms with Gasteiger partial charge in [-0.1, -0.05) is 12.1 Å². The highest BCUT2D eigenvalue weighted by Gasteiger charge is 2.21. The summed E-state index contributed by atoms with van der Waals surface area (Å²) in [6, 6.07) is 41.5. The lowest BCUT2D eigenvalue weighted by Gasteiger charge is -2.03. The molecule has 0 bridgehead atoms. The fourth-order valence-corrected chi connectivity index (χ4v) is 5.55. The zero-order chi connectivity index (χ0) is 42.1. The van der Waals surface area contributed by atoms with Gasteiger partial charge in [-0.2, -0.15) is 31.1 Å². The Kier molecular flexibility index (Phi) is 16.4. The summed E-state index contributed by atoms with van der Waals surface area (Å²) in [6.45, 7) is 2.64. The Hall–Kier alpha value is -7.61. The molecule has 4 aromatic carbocycles. The summed E-state index contributed by atoms with van der Waals surface area (Å²) in [4.78, 5) is 0. The number of nitriles is 3. The molecule has 2 fully saturated rings. The highest BCUT2D eigenvalue weighted by Crippen LogP contribution is 2.29. The van der Waals surface area contributed by atoms with Crippen molar-refractivity contribution in [3.05, 3.63) is 156 Å². The number of halogens is 1. The lowest BCUT2D eigenvalue weighted by atomic mass is 10.2. The topological polar surface area (TPSA) is 239 Å². The predicted octanol–water partition coefficient (Wildman–Crippen LogP) is 7.31. The average molecular weight is 834 g/mol. The van der Waals surface area contributed by atoms with Crippen molar-refractivity contribution >= 4 is 35.5 Å². The molecule has 3 heterocycles. The van der Waals surface area contributed by atoms with Gasteiger partial charge in [-0.05, 0) is 128 Å². The number of nitrogens with two attached hydrogens (primary N) is 3. The Balaban J connectivity index is 0.000000157. The molecule has 3 aromatic heterocycles. The third-order valence-corrected chi connectivity index (χ3v) is 9.46. The van der Waals surface area contributed by atoms with E-state index in [2.05, 4.69) is 43.5 Å². The summed E-state index contributed by atoms with van der Waals surface area (Å²) in [5.74, 6) is 9.14. The fourth-order valence-electron chi connectivity index (χ4n) is 5.55. The Labute approximate surface area is 361 Å². The van der Waals surface area contributed by atoms with Crippen molar-refractivity contribution in [2.24, 2.45) is 23.4 Å². The lowest BCUT2D eigenvalue weighted by Crippen LogP contribution is -2.05. The maximum absolute atomic E-state index is 8.75. The molecule has 2 aliphatic carbocycles. The van der Waals surface area contributed by atoms with E-state index in [1.165, 1.54) is 25.7 Å². The van der Waals surface area contributed by atoms with Crippen molar-refractivity contribution in [2.45, 2.75) is 32.2 Å². The van der Waals surface area contributed by atoms with Gasteiger partial charge in [0.25, 0.3) is 0 Å². The van der Waals surface area contributed by atoms with Crippen LogP contribution in [-0.4, -0.2) is 42.4 Å². The van der Waals surface area contributed by atoms with Crippen LogP contribution in [0.25, 0.3) is 17.1 Å². The van der Waals surface area contributed by atoms with E-state index in [-0.39, 0.29) is 12.4 Å². The third kappa shape index (κ3) is 14.0. The third-order valence-electron chi connectivity index (χ3n) is 9.46. The van der Waals surface area contributed by atoms with Crippen LogP contribution in [0.15, 0.2) is 134 Å². The predicted molar refractivity (Wildman–Crippen MR) is 241 cm³/mol. The molecular weight excluding hydrogens is 786 g/mol. The molecule has 9 N–H and O–H groups in total. The zero-order valence-corrected chi connectivity index (χ0v) is 34.3. The van der Waals surface area contributed by atoms with Gasteiger partial charge >= 0.3 is 0 Å². The van der Waals surface area contributed by atoms with E-state index in [1.54, 1.807) is 65.5 Å². The minimum Gasteiger partial charge on any atom is -0.382 e. The van der Waals surface area contributed by atoms with E-state index < -0.39 is 0 Å². The van der Waals surface area contributed by atoms with Crippen LogP contribution in [0.3, 0.4) is 0 Å². The first-order valence-electron chi connectivity index (χ1n) is 19.5. The number of benzene rings is 4. The summed E-state index contributed by atoms with van der Waals surface area (Å²) < 4.78 is 5.36. The number of rotatable bonds is 11. The molecule has 0 radical (unpaired) electrons. The highest BCUT2D eigenvalue weighted by molar-refractivity contribution is 5.85. The molecule has 310 valence electrons.